The summed E-state index contributed by atoms with van der Waals surface area (Å²) in [6.45, 7) is 0.529. The van der Waals surface area contributed by atoms with Gasteiger partial charge in [-0.1, -0.05) is 6.42 Å². The molecule has 0 rings (SSSR count). The average molecular weight is 360 g/mol. The van der Waals surface area contributed by atoms with Crippen molar-refractivity contribution >= 4 is 23.8 Å². The van der Waals surface area contributed by atoms with E-state index in [1.54, 1.807) is 0 Å². The molecule has 0 saturated heterocycles. The third-order valence-corrected chi connectivity index (χ3v) is 3.96. The molecule has 1 amide bonds. The maximum Gasteiger partial charge on any atom is 0.303 e. The van der Waals surface area contributed by atoms with Crippen molar-refractivity contribution in [3.05, 3.63) is 0 Å². The first-order valence-corrected chi connectivity index (χ1v) is 8.37. The van der Waals surface area contributed by atoms with Crippen LogP contribution in [0.15, 0.2) is 0 Å². The molecule has 0 radical (unpaired) electrons. The van der Waals surface area contributed by atoms with Gasteiger partial charge in [-0.3, -0.25) is 19.2 Å². The lowest BCUT2D eigenvalue weighted by atomic mass is 9.83. The Morgan fingerprint density at radius 2 is 1.16 bits per heavy atom. The molecule has 0 aliphatic heterocycles. The molecule has 0 saturated carbocycles. The van der Waals surface area contributed by atoms with E-state index in [2.05, 4.69) is 5.32 Å². The maximum absolute atomic E-state index is 12.2. The van der Waals surface area contributed by atoms with Gasteiger partial charge in [0.1, 0.15) is 0 Å². The third-order valence-electron chi connectivity index (χ3n) is 3.96. The van der Waals surface area contributed by atoms with Crippen molar-refractivity contribution in [1.29, 1.82) is 0 Å². The van der Waals surface area contributed by atoms with Crippen molar-refractivity contribution in [3.63, 3.8) is 0 Å². The van der Waals surface area contributed by atoms with Gasteiger partial charge < -0.3 is 26.4 Å². The fourth-order valence-corrected chi connectivity index (χ4v) is 2.57. The second-order valence-electron chi connectivity index (χ2n) is 6.11. The van der Waals surface area contributed by atoms with Gasteiger partial charge >= 0.3 is 17.9 Å². The molecule has 0 bridgehead atoms. The number of aliphatic carboxylic acids is 3. The Morgan fingerprint density at radius 3 is 1.52 bits per heavy atom. The van der Waals surface area contributed by atoms with Crippen molar-refractivity contribution in [2.24, 2.45) is 5.73 Å². The Kier molecular flexibility index (Phi) is 11.2. The highest BCUT2D eigenvalue weighted by Gasteiger charge is 2.33. The number of carbonyl (C=O) groups is 4. The van der Waals surface area contributed by atoms with Crippen molar-refractivity contribution in [2.75, 3.05) is 6.54 Å². The number of rotatable bonds is 15. The number of hydrogen-bond acceptors (Lipinski definition) is 5. The summed E-state index contributed by atoms with van der Waals surface area (Å²) in [4.78, 5) is 44.9. The molecule has 0 heterocycles. The predicted octanol–water partition coefficient (Wildman–Crippen LogP) is 0.955. The van der Waals surface area contributed by atoms with E-state index in [0.717, 1.165) is 12.8 Å². The van der Waals surface area contributed by atoms with Crippen LogP contribution in [0.3, 0.4) is 0 Å². The highest BCUT2D eigenvalue weighted by atomic mass is 16.4. The number of hydrogen-bond donors (Lipinski definition) is 5. The van der Waals surface area contributed by atoms with E-state index in [1.807, 2.05) is 0 Å². The molecule has 0 atom stereocenters. The molecule has 0 aliphatic carbocycles. The van der Waals surface area contributed by atoms with Gasteiger partial charge in [-0.2, -0.15) is 0 Å². The van der Waals surface area contributed by atoms with Crippen LogP contribution in [0.25, 0.3) is 0 Å². The Labute approximate surface area is 146 Å². The molecule has 144 valence electrons. The third kappa shape index (κ3) is 11.9. The van der Waals surface area contributed by atoms with Gasteiger partial charge in [-0.05, 0) is 38.6 Å². The van der Waals surface area contributed by atoms with E-state index in [-0.39, 0.29) is 50.9 Å². The van der Waals surface area contributed by atoms with Crippen LogP contribution < -0.4 is 11.1 Å². The largest absolute Gasteiger partial charge is 0.481 e. The van der Waals surface area contributed by atoms with Crippen LogP contribution in [0.5, 0.6) is 0 Å². The molecule has 9 heteroatoms. The summed E-state index contributed by atoms with van der Waals surface area (Å²) in [5.74, 6) is -3.61. The van der Waals surface area contributed by atoms with E-state index in [4.69, 9.17) is 21.1 Å². The standard InChI is InChI=1S/C16H28N2O7/c17-11-3-1-2-4-12(19)18-16(8-5-13(20)21,9-6-14(22)23)10-7-15(24)25/h1-11,17H2,(H,18,19)(H,20,21)(H,22,23)(H,24,25). The molecular formula is C16H28N2O7. The van der Waals surface area contributed by atoms with Gasteiger partial charge in [0.15, 0.2) is 0 Å². The van der Waals surface area contributed by atoms with Gasteiger partial charge in [-0.25, -0.2) is 0 Å². The number of carboxylic acid groups (broad SMARTS) is 3. The smallest absolute Gasteiger partial charge is 0.303 e. The molecular weight excluding hydrogens is 332 g/mol. The lowest BCUT2D eigenvalue weighted by molar-refractivity contribution is -0.139. The van der Waals surface area contributed by atoms with Crippen LogP contribution >= 0.6 is 0 Å². The zero-order valence-electron chi connectivity index (χ0n) is 14.3. The topological polar surface area (TPSA) is 167 Å². The first-order valence-electron chi connectivity index (χ1n) is 8.37. The Balaban J connectivity index is 5.03. The predicted molar refractivity (Wildman–Crippen MR) is 89.0 cm³/mol. The quantitative estimate of drug-likeness (QED) is 0.269. The van der Waals surface area contributed by atoms with Crippen molar-refractivity contribution in [3.8, 4) is 0 Å². The van der Waals surface area contributed by atoms with Gasteiger partial charge in [0.25, 0.3) is 0 Å². The van der Waals surface area contributed by atoms with Gasteiger partial charge in [0, 0.05) is 31.2 Å². The van der Waals surface area contributed by atoms with Crippen LogP contribution in [-0.4, -0.2) is 51.2 Å². The fraction of sp³-hybridized carbons (Fsp3) is 0.750. The van der Waals surface area contributed by atoms with Crippen LogP contribution in [0.4, 0.5) is 0 Å². The second kappa shape index (κ2) is 12.2. The molecule has 0 aliphatic rings. The van der Waals surface area contributed by atoms with Crippen molar-refractivity contribution in [2.45, 2.75) is 69.7 Å². The summed E-state index contributed by atoms with van der Waals surface area (Å²) in [5, 5.41) is 29.4. The monoisotopic (exact) mass is 360 g/mol. The lowest BCUT2D eigenvalue weighted by Gasteiger charge is -2.34. The second-order valence-corrected chi connectivity index (χ2v) is 6.11. The molecule has 0 spiro atoms. The summed E-state index contributed by atoms with van der Waals surface area (Å²) in [5.41, 5.74) is 4.23. The normalized spacial score (nSPS) is 11.1. The van der Waals surface area contributed by atoms with Crippen LogP contribution in [-0.2, 0) is 19.2 Å². The minimum Gasteiger partial charge on any atom is -0.481 e. The van der Waals surface area contributed by atoms with E-state index < -0.39 is 23.4 Å². The summed E-state index contributed by atoms with van der Waals surface area (Å²) in [7, 11) is 0. The SMILES string of the molecule is NCCCCCC(=O)NC(CCC(=O)O)(CCC(=O)O)CCC(=O)O. The number of carbonyl (C=O) groups excluding carboxylic acids is 1. The first kappa shape index (κ1) is 22.8. The molecule has 0 aromatic heterocycles. The first-order chi connectivity index (χ1) is 11.7. The summed E-state index contributed by atoms with van der Waals surface area (Å²) < 4.78 is 0. The van der Waals surface area contributed by atoms with Gasteiger partial charge in [-0.15, -0.1) is 0 Å². The maximum atomic E-state index is 12.2. The zero-order valence-corrected chi connectivity index (χ0v) is 14.3. The van der Waals surface area contributed by atoms with E-state index in [0.29, 0.717) is 13.0 Å². The summed E-state index contributed by atoms with van der Waals surface area (Å²) in [6.07, 6.45) is 1.47. The van der Waals surface area contributed by atoms with Crippen molar-refractivity contribution < 1.29 is 34.5 Å². The molecule has 6 N–H and O–H groups in total. The minimum absolute atomic E-state index is 0.0164. The average Bonchev–Trinajstić information content (AvgIpc) is 2.52. The van der Waals surface area contributed by atoms with Crippen LogP contribution in [0.2, 0.25) is 0 Å². The van der Waals surface area contributed by atoms with E-state index >= 15 is 0 Å². The number of nitrogens with one attached hydrogen (secondary N) is 1. The molecule has 0 aromatic carbocycles. The lowest BCUT2D eigenvalue weighted by Crippen LogP contribution is -2.49. The Hall–Kier alpha value is -2.16. The minimum atomic E-state index is -1.15. The Morgan fingerprint density at radius 1 is 0.720 bits per heavy atom. The van der Waals surface area contributed by atoms with Crippen molar-refractivity contribution in [1.82, 2.24) is 5.32 Å². The number of carboxylic acids is 3. The number of unbranched alkanes of at least 4 members (excludes halogenated alkanes) is 2. The van der Waals surface area contributed by atoms with Gasteiger partial charge in [0.2, 0.25) is 5.91 Å². The van der Waals surface area contributed by atoms with Gasteiger partial charge in [0.05, 0.1) is 0 Å². The highest BCUT2D eigenvalue weighted by Crippen LogP contribution is 2.26. The van der Waals surface area contributed by atoms with Crippen LogP contribution in [0, 0.1) is 0 Å². The highest BCUT2D eigenvalue weighted by molar-refractivity contribution is 5.77. The van der Waals surface area contributed by atoms with Crippen LogP contribution in [0.1, 0.15) is 64.2 Å². The molecule has 0 fully saturated rings. The number of amides is 1. The molecule has 25 heavy (non-hydrogen) atoms. The molecule has 9 nitrogen and oxygen atoms in total. The van der Waals surface area contributed by atoms with E-state index in [1.165, 1.54) is 0 Å². The zero-order chi connectivity index (χ0) is 19.3. The summed E-state index contributed by atoms with van der Waals surface area (Å²) in [6, 6.07) is 0. The number of nitrogens with two attached hydrogens (primary N) is 1. The summed E-state index contributed by atoms with van der Waals surface area (Å²) >= 11 is 0. The molecule has 0 aromatic rings. The van der Waals surface area contributed by atoms with E-state index in [9.17, 15) is 19.2 Å². The Bertz CT molecular complexity index is 420. The fourth-order valence-electron chi connectivity index (χ4n) is 2.57. The molecule has 0 unspecified atom stereocenters.